The van der Waals surface area contributed by atoms with Crippen molar-refractivity contribution in [1.29, 1.82) is 0 Å². The summed E-state index contributed by atoms with van der Waals surface area (Å²) in [7, 11) is 0. The summed E-state index contributed by atoms with van der Waals surface area (Å²) in [4.78, 5) is 0. The van der Waals surface area contributed by atoms with Gasteiger partial charge in [0.2, 0.25) is 0 Å². The first-order chi connectivity index (χ1) is 16.6. The van der Waals surface area contributed by atoms with Gasteiger partial charge in [0.25, 0.3) is 0 Å². The number of alkyl halides is 1. The predicted octanol–water partition coefficient (Wildman–Crippen LogP) is 3.72. The minimum absolute atomic E-state index is 0.102. The van der Waals surface area contributed by atoms with E-state index in [-0.39, 0.29) is 37.7 Å². The second kappa shape index (κ2) is 12.9. The standard InChI is InChI=1S/C24H28ClI2N3O5/c1-24(2,16-5-8-22(20(26)9-16)35-13-17(32)10-25)15-3-6-19(7-4-15)34-14-18(33)11-30-23(27)21(12-31)28-29-30/h3-9,17-18,31-33H,10-14H2,1-2H3/t17-,18-/m1/s1. The molecule has 8 nitrogen and oxygen atoms in total. The van der Waals surface area contributed by atoms with Gasteiger partial charge in [-0.15, -0.1) is 16.7 Å². The monoisotopic (exact) mass is 727 g/mol. The van der Waals surface area contributed by atoms with Crippen LogP contribution in [-0.2, 0) is 18.6 Å². The van der Waals surface area contributed by atoms with E-state index in [0.717, 1.165) is 14.7 Å². The third-order valence-corrected chi connectivity index (χ3v) is 7.93. The second-order valence-corrected chi connectivity index (χ2v) is 11.0. The maximum atomic E-state index is 10.3. The molecule has 0 amide bonds. The summed E-state index contributed by atoms with van der Waals surface area (Å²) in [6.07, 6.45) is -1.47. The highest BCUT2D eigenvalue weighted by Gasteiger charge is 2.24. The van der Waals surface area contributed by atoms with Crippen LogP contribution in [-0.4, -0.2) is 61.6 Å². The third kappa shape index (κ3) is 7.41. The van der Waals surface area contributed by atoms with Gasteiger partial charge in [0.15, 0.2) is 0 Å². The topological polar surface area (TPSA) is 110 Å². The molecule has 0 bridgehead atoms. The number of ether oxygens (including phenoxy) is 2. The Kier molecular flexibility index (Phi) is 10.4. The Bertz CT molecular complexity index is 1110. The van der Waals surface area contributed by atoms with Crippen molar-refractivity contribution in [2.45, 2.75) is 44.6 Å². The van der Waals surface area contributed by atoms with Crippen LogP contribution in [0.25, 0.3) is 0 Å². The quantitative estimate of drug-likeness (QED) is 0.193. The maximum Gasteiger partial charge on any atom is 0.132 e. The molecule has 190 valence electrons. The van der Waals surface area contributed by atoms with Crippen molar-refractivity contribution in [3.63, 3.8) is 0 Å². The largest absolute Gasteiger partial charge is 0.491 e. The minimum atomic E-state index is -0.777. The van der Waals surface area contributed by atoms with Gasteiger partial charge in [0, 0.05) is 5.41 Å². The van der Waals surface area contributed by atoms with Crippen LogP contribution in [0.15, 0.2) is 42.5 Å². The summed E-state index contributed by atoms with van der Waals surface area (Å²) in [6.45, 7) is 4.58. The number of nitrogens with zero attached hydrogens (tertiary/aromatic N) is 3. The fourth-order valence-corrected chi connectivity index (χ4v) is 4.70. The lowest BCUT2D eigenvalue weighted by Crippen LogP contribution is -2.25. The molecule has 0 spiro atoms. The van der Waals surface area contributed by atoms with E-state index in [1.165, 1.54) is 0 Å². The van der Waals surface area contributed by atoms with Crippen molar-refractivity contribution in [2.24, 2.45) is 0 Å². The summed E-state index contributed by atoms with van der Waals surface area (Å²) >= 11 is 9.91. The molecule has 1 aromatic heterocycles. The fraction of sp³-hybridized carbons (Fsp3) is 0.417. The number of aromatic nitrogens is 3. The van der Waals surface area contributed by atoms with Gasteiger partial charge in [0.1, 0.15) is 46.3 Å². The lowest BCUT2D eigenvalue weighted by Gasteiger charge is -2.27. The highest BCUT2D eigenvalue weighted by atomic mass is 127. The second-order valence-electron chi connectivity index (χ2n) is 8.55. The maximum absolute atomic E-state index is 10.3. The molecule has 35 heavy (non-hydrogen) atoms. The molecular formula is C24H28ClI2N3O5. The van der Waals surface area contributed by atoms with Crippen molar-refractivity contribution in [1.82, 2.24) is 15.0 Å². The zero-order chi connectivity index (χ0) is 25.6. The summed E-state index contributed by atoms with van der Waals surface area (Å²) in [5, 5.41) is 37.0. The number of rotatable bonds is 12. The fourth-order valence-electron chi connectivity index (χ4n) is 3.37. The third-order valence-electron chi connectivity index (χ3n) is 5.55. The normalized spacial score (nSPS) is 13.5. The van der Waals surface area contributed by atoms with E-state index < -0.39 is 12.2 Å². The first-order valence-electron chi connectivity index (χ1n) is 10.9. The Balaban J connectivity index is 1.60. The molecule has 3 rings (SSSR count). The number of benzene rings is 2. The molecule has 2 atom stereocenters. The van der Waals surface area contributed by atoms with Gasteiger partial charge in [-0.05, 0) is 80.6 Å². The van der Waals surface area contributed by atoms with Crippen LogP contribution in [0.4, 0.5) is 0 Å². The molecule has 3 N–H and O–H groups in total. The van der Waals surface area contributed by atoms with Crippen LogP contribution in [0.1, 0.15) is 30.7 Å². The van der Waals surface area contributed by atoms with Gasteiger partial charge in [-0.1, -0.05) is 37.3 Å². The van der Waals surface area contributed by atoms with Crippen molar-refractivity contribution in [2.75, 3.05) is 19.1 Å². The van der Waals surface area contributed by atoms with Crippen LogP contribution < -0.4 is 9.47 Å². The average molecular weight is 728 g/mol. The van der Waals surface area contributed by atoms with E-state index in [0.29, 0.717) is 20.9 Å². The Morgan fingerprint density at radius 3 is 2.26 bits per heavy atom. The molecule has 0 aliphatic carbocycles. The van der Waals surface area contributed by atoms with Crippen molar-refractivity contribution < 1.29 is 24.8 Å². The Morgan fingerprint density at radius 2 is 1.66 bits per heavy atom. The molecule has 0 aliphatic heterocycles. The van der Waals surface area contributed by atoms with Gasteiger partial charge >= 0.3 is 0 Å². The molecule has 2 aromatic carbocycles. The zero-order valence-electron chi connectivity index (χ0n) is 19.4. The average Bonchev–Trinajstić information content (AvgIpc) is 3.20. The van der Waals surface area contributed by atoms with Crippen LogP contribution in [0.3, 0.4) is 0 Å². The van der Waals surface area contributed by atoms with Crippen molar-refractivity contribution in [3.05, 3.63) is 66.6 Å². The molecule has 1 heterocycles. The number of halogens is 3. The molecule has 11 heteroatoms. The molecule has 0 unspecified atom stereocenters. The first kappa shape index (κ1) is 28.4. The summed E-state index contributed by atoms with van der Waals surface area (Å²) < 4.78 is 14.6. The highest BCUT2D eigenvalue weighted by Crippen LogP contribution is 2.35. The molecule has 0 saturated heterocycles. The minimum Gasteiger partial charge on any atom is -0.491 e. The van der Waals surface area contributed by atoms with E-state index in [1.807, 2.05) is 59.0 Å². The summed E-state index contributed by atoms with van der Waals surface area (Å²) in [5.41, 5.74) is 2.46. The van der Waals surface area contributed by atoms with Gasteiger partial charge in [0.05, 0.1) is 22.6 Å². The van der Waals surface area contributed by atoms with Crippen LogP contribution in [0, 0.1) is 7.27 Å². The Labute approximate surface area is 236 Å². The van der Waals surface area contributed by atoms with Crippen LogP contribution >= 0.6 is 56.8 Å². The lowest BCUT2D eigenvalue weighted by atomic mass is 9.78. The van der Waals surface area contributed by atoms with Gasteiger partial charge in [-0.2, -0.15) is 0 Å². The van der Waals surface area contributed by atoms with Gasteiger partial charge in [-0.3, -0.25) is 0 Å². The Morgan fingerprint density at radius 1 is 1.00 bits per heavy atom. The summed E-state index contributed by atoms with van der Waals surface area (Å²) in [6, 6.07) is 13.8. The SMILES string of the molecule is CC(C)(c1ccc(OC[C@H](O)Cn2nnc(CO)c2I)cc1)c1ccc(OC[C@H](O)CCl)c(I)c1. The predicted molar refractivity (Wildman–Crippen MR) is 150 cm³/mol. The van der Waals surface area contributed by atoms with Gasteiger partial charge < -0.3 is 24.8 Å². The lowest BCUT2D eigenvalue weighted by molar-refractivity contribution is 0.0881. The number of hydrogen-bond acceptors (Lipinski definition) is 7. The number of aliphatic hydroxyl groups excluding tert-OH is 3. The van der Waals surface area contributed by atoms with Crippen molar-refractivity contribution >= 4 is 56.8 Å². The zero-order valence-corrected chi connectivity index (χ0v) is 24.4. The molecule has 3 aromatic rings. The highest BCUT2D eigenvalue weighted by molar-refractivity contribution is 14.1. The van der Waals surface area contributed by atoms with E-state index >= 15 is 0 Å². The van der Waals surface area contributed by atoms with Crippen LogP contribution in [0.5, 0.6) is 11.5 Å². The number of hydrogen-bond donors (Lipinski definition) is 3. The molecule has 0 fully saturated rings. The molecule has 0 radical (unpaired) electrons. The van der Waals surface area contributed by atoms with E-state index in [9.17, 15) is 15.3 Å². The van der Waals surface area contributed by atoms with Gasteiger partial charge in [-0.25, -0.2) is 4.68 Å². The summed E-state index contributed by atoms with van der Waals surface area (Å²) in [5.74, 6) is 1.50. The smallest absolute Gasteiger partial charge is 0.132 e. The van der Waals surface area contributed by atoms with Crippen LogP contribution in [0.2, 0.25) is 0 Å². The Hall–Kier alpha value is -1.19. The van der Waals surface area contributed by atoms with Crippen molar-refractivity contribution in [3.8, 4) is 11.5 Å². The molecular weight excluding hydrogens is 700 g/mol. The number of aliphatic hydroxyl groups is 3. The van der Waals surface area contributed by atoms with E-state index in [4.69, 9.17) is 21.1 Å². The first-order valence-corrected chi connectivity index (χ1v) is 13.6. The van der Waals surface area contributed by atoms with E-state index in [1.54, 1.807) is 4.68 Å². The molecule has 0 aliphatic rings. The van der Waals surface area contributed by atoms with E-state index in [2.05, 4.69) is 52.8 Å². The molecule has 0 saturated carbocycles.